The summed E-state index contributed by atoms with van der Waals surface area (Å²) in [6, 6.07) is 5.28. The summed E-state index contributed by atoms with van der Waals surface area (Å²) in [5.74, 6) is -1.79. The Morgan fingerprint density at radius 2 is 1.88 bits per heavy atom. The fourth-order valence-corrected chi connectivity index (χ4v) is 3.83. The Kier molecular flexibility index (Phi) is 4.41. The summed E-state index contributed by atoms with van der Waals surface area (Å²) in [7, 11) is 0. The molecule has 128 valence electrons. The fraction of sp³-hybridized carbons (Fsp3) is 0.500. The molecule has 6 heteroatoms. The predicted octanol–water partition coefficient (Wildman–Crippen LogP) is -1.02. The predicted molar refractivity (Wildman–Crippen MR) is 85.2 cm³/mol. The molecular weight excluding hydrogens is 308 g/mol. The highest BCUT2D eigenvalue weighted by molar-refractivity contribution is 6.22. The summed E-state index contributed by atoms with van der Waals surface area (Å²) < 4.78 is 0. The molecule has 1 aromatic rings. The Balaban J connectivity index is 1.76. The average molecular weight is 330 g/mol. The van der Waals surface area contributed by atoms with Gasteiger partial charge in [-0.05, 0) is 25.5 Å². The van der Waals surface area contributed by atoms with Gasteiger partial charge >= 0.3 is 0 Å². The molecule has 0 radical (unpaired) electrons. The second kappa shape index (κ2) is 6.36. The van der Waals surface area contributed by atoms with Gasteiger partial charge in [0.2, 0.25) is 5.91 Å². The van der Waals surface area contributed by atoms with E-state index in [9.17, 15) is 19.5 Å². The van der Waals surface area contributed by atoms with Gasteiger partial charge in [0.25, 0.3) is 5.91 Å². The van der Waals surface area contributed by atoms with Gasteiger partial charge < -0.3 is 14.8 Å². The molecule has 0 aliphatic carbocycles. The van der Waals surface area contributed by atoms with E-state index in [2.05, 4.69) is 0 Å². The Morgan fingerprint density at radius 1 is 1.21 bits per heavy atom. The van der Waals surface area contributed by atoms with Crippen molar-refractivity contribution in [2.75, 3.05) is 18.0 Å². The smallest absolute Gasteiger partial charge is 0.292 e. The number of carbonyl (C=O) groups is 3. The van der Waals surface area contributed by atoms with Crippen LogP contribution in [0.5, 0.6) is 0 Å². The molecule has 0 spiro atoms. The lowest BCUT2D eigenvalue weighted by Crippen LogP contribution is -3.17. The number of likely N-dealkylation sites (tertiary alicyclic amines) is 1. The van der Waals surface area contributed by atoms with Gasteiger partial charge in [0.1, 0.15) is 0 Å². The van der Waals surface area contributed by atoms with Crippen molar-refractivity contribution in [1.82, 2.24) is 0 Å². The Labute approximate surface area is 141 Å². The van der Waals surface area contributed by atoms with E-state index in [0.717, 1.165) is 16.0 Å². The number of carboxylic acid groups (broad SMARTS) is 1. The van der Waals surface area contributed by atoms with E-state index < -0.39 is 17.9 Å². The zero-order valence-corrected chi connectivity index (χ0v) is 14.0. The molecule has 1 atom stereocenters. The quantitative estimate of drug-likeness (QED) is 0.719. The minimum Gasteiger partial charge on any atom is -0.550 e. The average Bonchev–Trinajstić information content (AvgIpc) is 2.83. The van der Waals surface area contributed by atoms with Crippen LogP contribution in [0.15, 0.2) is 18.2 Å². The summed E-state index contributed by atoms with van der Waals surface area (Å²) in [6.45, 7) is 5.04. The number of carboxylic acids is 1. The van der Waals surface area contributed by atoms with Crippen molar-refractivity contribution in [1.29, 1.82) is 0 Å². The van der Waals surface area contributed by atoms with Crippen molar-refractivity contribution in [3.05, 3.63) is 29.3 Å². The van der Waals surface area contributed by atoms with Crippen LogP contribution in [0.25, 0.3) is 0 Å². The highest BCUT2D eigenvalue weighted by atomic mass is 16.4. The fourth-order valence-electron chi connectivity index (χ4n) is 3.83. The molecule has 0 bridgehead atoms. The SMILES string of the molecule is Cc1ccc(N2C(=O)C[C@H]([NH+]3CCC(C(=O)[O-])CC3)C2=O)c(C)c1. The number of imide groups is 1. The Morgan fingerprint density at radius 3 is 2.46 bits per heavy atom. The minimum atomic E-state index is -1.01. The van der Waals surface area contributed by atoms with Gasteiger partial charge in [-0.25, -0.2) is 4.90 Å². The highest BCUT2D eigenvalue weighted by Crippen LogP contribution is 2.26. The summed E-state index contributed by atoms with van der Waals surface area (Å²) in [5.41, 5.74) is 2.65. The lowest BCUT2D eigenvalue weighted by molar-refractivity contribution is -0.920. The number of hydrogen-bond acceptors (Lipinski definition) is 4. The van der Waals surface area contributed by atoms with Crippen molar-refractivity contribution >= 4 is 23.5 Å². The first-order valence-electron chi connectivity index (χ1n) is 8.38. The molecule has 0 aromatic heterocycles. The monoisotopic (exact) mass is 330 g/mol. The number of carbonyl (C=O) groups excluding carboxylic acids is 3. The molecule has 2 amide bonds. The van der Waals surface area contributed by atoms with Crippen molar-refractivity contribution < 1.29 is 24.4 Å². The van der Waals surface area contributed by atoms with E-state index >= 15 is 0 Å². The highest BCUT2D eigenvalue weighted by Gasteiger charge is 2.46. The molecule has 2 heterocycles. The second-order valence-electron chi connectivity index (χ2n) is 6.87. The van der Waals surface area contributed by atoms with Crippen LogP contribution in [0, 0.1) is 19.8 Å². The van der Waals surface area contributed by atoms with Crippen molar-refractivity contribution in [2.45, 2.75) is 39.2 Å². The summed E-state index contributed by atoms with van der Waals surface area (Å²) >= 11 is 0. The molecule has 0 unspecified atom stereocenters. The third kappa shape index (κ3) is 2.94. The van der Waals surface area contributed by atoms with Gasteiger partial charge in [0.05, 0.1) is 25.2 Å². The van der Waals surface area contributed by atoms with Crippen LogP contribution in [-0.2, 0) is 14.4 Å². The molecule has 1 aromatic carbocycles. The van der Waals surface area contributed by atoms with E-state index in [-0.39, 0.29) is 18.2 Å². The van der Waals surface area contributed by atoms with Crippen molar-refractivity contribution in [3.8, 4) is 0 Å². The first-order chi connectivity index (χ1) is 11.4. The van der Waals surface area contributed by atoms with Crippen LogP contribution in [-0.4, -0.2) is 36.9 Å². The van der Waals surface area contributed by atoms with Crippen molar-refractivity contribution in [3.63, 3.8) is 0 Å². The topological polar surface area (TPSA) is 82.0 Å². The molecule has 0 saturated carbocycles. The first kappa shape index (κ1) is 16.6. The van der Waals surface area contributed by atoms with Crippen LogP contribution in [0.4, 0.5) is 5.69 Å². The van der Waals surface area contributed by atoms with Gasteiger partial charge in [0, 0.05) is 24.7 Å². The van der Waals surface area contributed by atoms with Crippen LogP contribution in [0.2, 0.25) is 0 Å². The third-order valence-electron chi connectivity index (χ3n) is 5.19. The molecule has 6 nitrogen and oxygen atoms in total. The zero-order valence-electron chi connectivity index (χ0n) is 14.0. The normalized spacial score (nSPS) is 27.6. The maximum absolute atomic E-state index is 12.8. The summed E-state index contributed by atoms with van der Waals surface area (Å²) in [6.07, 6.45) is 1.19. The maximum Gasteiger partial charge on any atom is 0.292 e. The molecule has 1 N–H and O–H groups in total. The minimum absolute atomic E-state index is 0.172. The van der Waals surface area contributed by atoms with E-state index in [0.29, 0.717) is 31.6 Å². The summed E-state index contributed by atoms with van der Waals surface area (Å²) in [5, 5.41) is 11.0. The van der Waals surface area contributed by atoms with Gasteiger partial charge in [-0.2, -0.15) is 0 Å². The number of nitrogens with zero attached hydrogens (tertiary/aromatic N) is 1. The van der Waals surface area contributed by atoms with Gasteiger partial charge in [0.15, 0.2) is 6.04 Å². The van der Waals surface area contributed by atoms with Crippen LogP contribution in [0.1, 0.15) is 30.4 Å². The molecule has 3 rings (SSSR count). The number of benzene rings is 1. The number of piperidine rings is 1. The molecule has 2 aliphatic heterocycles. The molecule has 2 saturated heterocycles. The molecular formula is C18H22N2O4. The van der Waals surface area contributed by atoms with Crippen LogP contribution in [0.3, 0.4) is 0 Å². The van der Waals surface area contributed by atoms with E-state index in [1.165, 1.54) is 4.90 Å². The van der Waals surface area contributed by atoms with E-state index in [4.69, 9.17) is 0 Å². The lowest BCUT2D eigenvalue weighted by atomic mass is 9.95. The van der Waals surface area contributed by atoms with Crippen LogP contribution < -0.4 is 14.9 Å². The van der Waals surface area contributed by atoms with Gasteiger partial charge in [-0.15, -0.1) is 0 Å². The molecule has 24 heavy (non-hydrogen) atoms. The first-order valence-corrected chi connectivity index (χ1v) is 8.38. The van der Waals surface area contributed by atoms with E-state index in [1.54, 1.807) is 0 Å². The Hall–Kier alpha value is -2.21. The number of aliphatic carboxylic acids is 1. The number of quaternary nitrogens is 1. The van der Waals surface area contributed by atoms with Crippen molar-refractivity contribution in [2.24, 2.45) is 5.92 Å². The lowest BCUT2D eigenvalue weighted by Gasteiger charge is -2.32. The van der Waals surface area contributed by atoms with E-state index in [1.807, 2.05) is 32.0 Å². The number of aryl methyl sites for hydroxylation is 2. The number of anilines is 1. The largest absolute Gasteiger partial charge is 0.550 e. The standard InChI is InChI=1S/C18H22N2O4/c1-11-3-4-14(12(2)9-11)20-16(21)10-15(17(20)22)19-7-5-13(6-8-19)18(23)24/h3-4,9,13,15H,5-8,10H2,1-2H3,(H,23,24)/t15-/m0/s1. The number of nitrogens with one attached hydrogen (secondary N) is 1. The van der Waals surface area contributed by atoms with Crippen LogP contribution >= 0.6 is 0 Å². The summed E-state index contributed by atoms with van der Waals surface area (Å²) in [4.78, 5) is 38.5. The molecule has 2 fully saturated rings. The maximum atomic E-state index is 12.8. The van der Waals surface area contributed by atoms with Gasteiger partial charge in [-0.1, -0.05) is 17.7 Å². The second-order valence-corrected chi connectivity index (χ2v) is 6.87. The number of hydrogen-bond donors (Lipinski definition) is 1. The third-order valence-corrected chi connectivity index (χ3v) is 5.19. The zero-order chi connectivity index (χ0) is 17.4. The van der Waals surface area contributed by atoms with Gasteiger partial charge in [-0.3, -0.25) is 9.59 Å². The number of rotatable bonds is 3. The number of amides is 2. The molecule has 2 aliphatic rings. The Bertz CT molecular complexity index is 692.